The number of rotatable bonds is 2. The van der Waals surface area contributed by atoms with Gasteiger partial charge in [-0.25, -0.2) is 4.79 Å². The number of carbonyl (C=O) groups is 1. The van der Waals surface area contributed by atoms with Gasteiger partial charge < -0.3 is 5.11 Å². The zero-order chi connectivity index (χ0) is 10.0. The molecule has 1 aromatic rings. The predicted molar refractivity (Wildman–Crippen MR) is 46.9 cm³/mol. The molecule has 68 valence electrons. The Morgan fingerprint density at radius 1 is 1.38 bits per heavy atom. The van der Waals surface area contributed by atoms with Gasteiger partial charge in [-0.15, -0.1) is 0 Å². The largest absolute Gasteiger partial charge is 0.478 e. The number of carboxylic acids is 1. The highest BCUT2D eigenvalue weighted by Gasteiger charge is 2.16. The minimum atomic E-state index is -0.995. The van der Waals surface area contributed by atoms with E-state index >= 15 is 0 Å². The average Bonchev–Trinajstić information content (AvgIpc) is 2.07. The Balaban J connectivity index is 3.52. The number of carboxylic acid groups (broad SMARTS) is 1. The molecule has 4 heteroatoms. The quantitative estimate of drug-likeness (QED) is 0.660. The Hall–Kier alpha value is -1.71. The van der Waals surface area contributed by atoms with Crippen molar-refractivity contribution in [1.29, 1.82) is 0 Å². The van der Waals surface area contributed by atoms with E-state index in [2.05, 4.69) is 5.11 Å². The van der Waals surface area contributed by atoms with E-state index in [1.807, 2.05) is 0 Å². The van der Waals surface area contributed by atoms with Gasteiger partial charge in [-0.2, -0.15) is 5.53 Å². The maximum Gasteiger partial charge on any atom is 0.338 e. The van der Waals surface area contributed by atoms with Crippen molar-refractivity contribution in [2.45, 2.75) is 13.8 Å². The Bertz CT molecular complexity index is 372. The fraction of sp³-hybridized carbons (Fsp3) is 0.222. The van der Waals surface area contributed by atoms with Crippen LogP contribution in [0.2, 0.25) is 0 Å². The van der Waals surface area contributed by atoms with Crippen LogP contribution in [-0.2, 0) is 0 Å². The first kappa shape index (κ1) is 9.38. The molecular weight excluding hydrogens is 168 g/mol. The van der Waals surface area contributed by atoms with E-state index in [-0.39, 0.29) is 5.56 Å². The minimum Gasteiger partial charge on any atom is -0.478 e. The third kappa shape index (κ3) is 1.56. The summed E-state index contributed by atoms with van der Waals surface area (Å²) in [5.74, 6) is -0.995. The number of benzene rings is 1. The van der Waals surface area contributed by atoms with Crippen molar-refractivity contribution in [3.8, 4) is 0 Å². The van der Waals surface area contributed by atoms with E-state index in [0.717, 1.165) is 5.56 Å². The molecule has 0 aliphatic carbocycles. The number of nitrogens with two attached hydrogens (primary N) is 1. The molecule has 0 saturated carbocycles. The van der Waals surface area contributed by atoms with Crippen LogP contribution in [0, 0.1) is 13.8 Å². The molecule has 0 aliphatic rings. The zero-order valence-corrected chi connectivity index (χ0v) is 7.53. The standard InChI is InChI=1S/C9H10N2O2/c1-5-3-4-6(2)8(11-10)7(5)9(12)13/h3-4,10H,1-2H3,(H,12,13)/p+1. The normalized spacial score (nSPS) is 9.69. The van der Waals surface area contributed by atoms with E-state index in [0.29, 0.717) is 11.3 Å². The summed E-state index contributed by atoms with van der Waals surface area (Å²) in [6.45, 7) is 3.50. The van der Waals surface area contributed by atoms with E-state index in [4.69, 9.17) is 10.6 Å². The van der Waals surface area contributed by atoms with Crippen molar-refractivity contribution in [3.63, 3.8) is 0 Å². The van der Waals surface area contributed by atoms with Gasteiger partial charge in [0.1, 0.15) is 5.69 Å². The third-order valence-electron chi connectivity index (χ3n) is 1.93. The Kier molecular flexibility index (Phi) is 2.41. The summed E-state index contributed by atoms with van der Waals surface area (Å²) in [4.78, 5) is 10.8. The molecule has 1 rings (SSSR count). The summed E-state index contributed by atoms with van der Waals surface area (Å²) < 4.78 is 0. The summed E-state index contributed by atoms with van der Waals surface area (Å²) in [5, 5.41) is 12.4. The Morgan fingerprint density at radius 3 is 2.31 bits per heavy atom. The van der Waals surface area contributed by atoms with Gasteiger partial charge in [0.25, 0.3) is 0 Å². The summed E-state index contributed by atoms with van der Waals surface area (Å²) in [6.07, 6.45) is 0. The number of aryl methyl sites for hydroxylation is 2. The van der Waals surface area contributed by atoms with Crippen molar-refractivity contribution in [2.24, 2.45) is 5.11 Å². The van der Waals surface area contributed by atoms with Crippen molar-refractivity contribution in [3.05, 3.63) is 28.8 Å². The SMILES string of the molecule is Cc1ccc(C)c(C(=O)O)c1N=[NH2+]. The van der Waals surface area contributed by atoms with Crippen LogP contribution < -0.4 is 5.53 Å². The second-order valence-corrected chi connectivity index (χ2v) is 2.86. The van der Waals surface area contributed by atoms with Gasteiger partial charge in [0.05, 0.1) is 5.56 Å². The summed E-state index contributed by atoms with van der Waals surface area (Å²) >= 11 is 0. The molecule has 0 spiro atoms. The van der Waals surface area contributed by atoms with Crippen LogP contribution in [0.25, 0.3) is 0 Å². The Labute approximate surface area is 75.7 Å². The van der Waals surface area contributed by atoms with Gasteiger partial charge in [0.15, 0.2) is 0 Å². The maximum atomic E-state index is 10.8. The van der Waals surface area contributed by atoms with Crippen LogP contribution in [0.15, 0.2) is 17.2 Å². The fourth-order valence-corrected chi connectivity index (χ4v) is 1.23. The van der Waals surface area contributed by atoms with Crippen LogP contribution in [0.5, 0.6) is 0 Å². The third-order valence-corrected chi connectivity index (χ3v) is 1.93. The number of nitrogens with zero attached hydrogens (tertiary/aromatic N) is 1. The number of hydrogen-bond acceptors (Lipinski definition) is 2. The maximum absolute atomic E-state index is 10.8. The minimum absolute atomic E-state index is 0.183. The lowest BCUT2D eigenvalue weighted by molar-refractivity contribution is -0.210. The first-order valence-electron chi connectivity index (χ1n) is 3.82. The molecule has 0 fully saturated rings. The van der Waals surface area contributed by atoms with Crippen LogP contribution >= 0.6 is 0 Å². The van der Waals surface area contributed by atoms with Crippen LogP contribution in [0.1, 0.15) is 21.5 Å². The van der Waals surface area contributed by atoms with Crippen molar-refractivity contribution < 1.29 is 15.4 Å². The van der Waals surface area contributed by atoms with Gasteiger partial charge in [0, 0.05) is 0 Å². The number of aromatic carboxylic acids is 1. The molecule has 0 aromatic heterocycles. The van der Waals surface area contributed by atoms with Crippen molar-refractivity contribution in [1.82, 2.24) is 0 Å². The van der Waals surface area contributed by atoms with Gasteiger partial charge >= 0.3 is 5.97 Å². The monoisotopic (exact) mass is 179 g/mol. The average molecular weight is 179 g/mol. The first-order chi connectivity index (χ1) is 6.07. The van der Waals surface area contributed by atoms with E-state index in [1.54, 1.807) is 26.0 Å². The van der Waals surface area contributed by atoms with Crippen molar-refractivity contribution >= 4 is 11.7 Å². The van der Waals surface area contributed by atoms with Gasteiger partial charge in [0.2, 0.25) is 0 Å². The van der Waals surface area contributed by atoms with E-state index < -0.39 is 5.97 Å². The molecule has 0 unspecified atom stereocenters. The molecule has 0 atom stereocenters. The molecule has 0 heterocycles. The molecule has 3 N–H and O–H groups in total. The highest BCUT2D eigenvalue weighted by Crippen LogP contribution is 2.25. The summed E-state index contributed by atoms with van der Waals surface area (Å²) in [7, 11) is 0. The summed E-state index contributed by atoms with van der Waals surface area (Å²) in [6, 6.07) is 3.54. The highest BCUT2D eigenvalue weighted by atomic mass is 16.4. The molecule has 4 nitrogen and oxygen atoms in total. The topological polar surface area (TPSA) is 75.2 Å². The van der Waals surface area contributed by atoms with E-state index in [1.165, 1.54) is 0 Å². The van der Waals surface area contributed by atoms with Crippen molar-refractivity contribution in [2.75, 3.05) is 0 Å². The second-order valence-electron chi connectivity index (χ2n) is 2.86. The molecule has 13 heavy (non-hydrogen) atoms. The Morgan fingerprint density at radius 2 is 1.92 bits per heavy atom. The van der Waals surface area contributed by atoms with E-state index in [9.17, 15) is 4.79 Å². The van der Waals surface area contributed by atoms with Crippen LogP contribution in [0.3, 0.4) is 0 Å². The molecule has 0 bridgehead atoms. The number of hydrogen-bond donors (Lipinski definition) is 2. The fourth-order valence-electron chi connectivity index (χ4n) is 1.23. The molecular formula is C9H11N2O2+. The molecule has 0 aliphatic heterocycles. The molecule has 1 aromatic carbocycles. The smallest absolute Gasteiger partial charge is 0.338 e. The lowest BCUT2D eigenvalue weighted by Crippen LogP contribution is -2.23. The molecule has 0 radical (unpaired) electrons. The lowest BCUT2D eigenvalue weighted by Gasteiger charge is -2.04. The summed E-state index contributed by atoms with van der Waals surface area (Å²) in [5.41, 5.74) is 7.09. The molecule has 0 amide bonds. The second kappa shape index (κ2) is 3.35. The lowest BCUT2D eigenvalue weighted by atomic mass is 10.0. The van der Waals surface area contributed by atoms with Gasteiger partial charge in [-0.3, -0.25) is 0 Å². The molecule has 0 saturated heterocycles. The van der Waals surface area contributed by atoms with Crippen LogP contribution in [0.4, 0.5) is 5.69 Å². The van der Waals surface area contributed by atoms with Gasteiger partial charge in [-0.1, -0.05) is 12.1 Å². The first-order valence-corrected chi connectivity index (χ1v) is 3.82. The van der Waals surface area contributed by atoms with Gasteiger partial charge in [-0.05, 0) is 30.1 Å². The highest BCUT2D eigenvalue weighted by molar-refractivity contribution is 5.95. The zero-order valence-electron chi connectivity index (χ0n) is 7.53. The van der Waals surface area contributed by atoms with Crippen LogP contribution in [-0.4, -0.2) is 11.1 Å². The predicted octanol–water partition coefficient (Wildman–Crippen LogP) is 0.844.